The molecule has 9 heteroatoms. The minimum absolute atomic E-state index is 0.390. The fraction of sp³-hybridized carbons (Fsp3) is 0.167. The molecule has 3 aromatic heterocycles. The maximum absolute atomic E-state index is 13.0. The number of anilines is 1. The average Bonchev–Trinajstić information content (AvgIpc) is 3.34. The summed E-state index contributed by atoms with van der Waals surface area (Å²) in [7, 11) is 0. The topological polar surface area (TPSA) is 103 Å². The Labute approximate surface area is 157 Å². The number of aromatic nitrogens is 4. The van der Waals surface area contributed by atoms with Gasteiger partial charge >= 0.3 is 0 Å². The van der Waals surface area contributed by atoms with Gasteiger partial charge in [0.1, 0.15) is 22.3 Å². The fourth-order valence-electron chi connectivity index (χ4n) is 2.65. The van der Waals surface area contributed by atoms with Gasteiger partial charge in [0.25, 0.3) is 11.5 Å². The number of carbonyl (C=O) groups is 1. The number of furan rings is 1. The van der Waals surface area contributed by atoms with E-state index in [-0.39, 0.29) is 5.56 Å². The van der Waals surface area contributed by atoms with Gasteiger partial charge in [0, 0.05) is 6.07 Å². The molecular formula is C18H15N5O3S. The zero-order valence-corrected chi connectivity index (χ0v) is 15.4. The summed E-state index contributed by atoms with van der Waals surface area (Å²) >= 11 is 1.07. The van der Waals surface area contributed by atoms with Crippen LogP contribution in [0.15, 0.2) is 57.9 Å². The molecule has 1 aromatic carbocycles. The van der Waals surface area contributed by atoms with Crippen LogP contribution in [0.1, 0.15) is 13.8 Å². The van der Waals surface area contributed by atoms with Gasteiger partial charge in [-0.2, -0.15) is 13.8 Å². The van der Waals surface area contributed by atoms with Crippen LogP contribution in [0.25, 0.3) is 22.5 Å². The lowest BCUT2D eigenvalue weighted by molar-refractivity contribution is -0.123. The standard InChI is InChI=1S/C18H15N5O3S/c1-18(2,17(25)19-12-5-3-6-13-16(12)22-27-21-13)23-15(24)9-8-11(20-23)14-7-4-10-26-14/h3-10H,1-2H3,(H,19,25). The van der Waals surface area contributed by atoms with Crippen LogP contribution in [-0.4, -0.2) is 24.4 Å². The van der Waals surface area contributed by atoms with Crippen molar-refractivity contribution in [2.45, 2.75) is 19.4 Å². The molecule has 0 aliphatic carbocycles. The fourth-order valence-corrected chi connectivity index (χ4v) is 3.20. The van der Waals surface area contributed by atoms with Gasteiger partial charge in [-0.1, -0.05) is 6.07 Å². The molecule has 0 saturated carbocycles. The van der Waals surface area contributed by atoms with Crippen LogP contribution in [0.2, 0.25) is 0 Å². The molecule has 136 valence electrons. The largest absolute Gasteiger partial charge is 0.463 e. The molecule has 0 aliphatic heterocycles. The minimum Gasteiger partial charge on any atom is -0.463 e. The Morgan fingerprint density at radius 3 is 2.78 bits per heavy atom. The van der Waals surface area contributed by atoms with Crippen molar-refractivity contribution in [3.05, 3.63) is 59.1 Å². The molecule has 1 amide bonds. The number of hydrogen-bond acceptors (Lipinski definition) is 7. The highest BCUT2D eigenvalue weighted by Crippen LogP contribution is 2.24. The van der Waals surface area contributed by atoms with Crippen LogP contribution in [0.5, 0.6) is 0 Å². The molecule has 1 N–H and O–H groups in total. The highest BCUT2D eigenvalue weighted by molar-refractivity contribution is 7.00. The number of fused-ring (bicyclic) bond motifs is 1. The van der Waals surface area contributed by atoms with E-state index in [2.05, 4.69) is 19.2 Å². The predicted octanol–water partition coefficient (Wildman–Crippen LogP) is 2.88. The average molecular weight is 381 g/mol. The maximum atomic E-state index is 13.0. The smallest absolute Gasteiger partial charge is 0.267 e. The number of amides is 1. The third-order valence-electron chi connectivity index (χ3n) is 4.19. The highest BCUT2D eigenvalue weighted by Gasteiger charge is 2.33. The Balaban J connectivity index is 1.70. The first-order valence-electron chi connectivity index (χ1n) is 8.14. The first-order valence-corrected chi connectivity index (χ1v) is 8.87. The molecule has 0 aliphatic rings. The highest BCUT2D eigenvalue weighted by atomic mass is 32.1. The Hall–Kier alpha value is -3.33. The van der Waals surface area contributed by atoms with E-state index in [0.717, 1.165) is 16.4 Å². The van der Waals surface area contributed by atoms with Gasteiger partial charge in [-0.25, -0.2) is 4.68 Å². The minimum atomic E-state index is -1.24. The third kappa shape index (κ3) is 3.02. The molecule has 3 heterocycles. The molecule has 0 radical (unpaired) electrons. The molecule has 4 aromatic rings. The van der Waals surface area contributed by atoms with Gasteiger partial charge in [-0.15, -0.1) is 0 Å². The van der Waals surface area contributed by atoms with Crippen LogP contribution in [0, 0.1) is 0 Å². The number of nitrogens with zero attached hydrogens (tertiary/aromatic N) is 4. The van der Waals surface area contributed by atoms with Crippen LogP contribution in [-0.2, 0) is 10.3 Å². The van der Waals surface area contributed by atoms with Gasteiger partial charge in [-0.3, -0.25) is 9.59 Å². The molecule has 4 rings (SSSR count). The van der Waals surface area contributed by atoms with Gasteiger partial charge in [0.15, 0.2) is 5.76 Å². The van der Waals surface area contributed by atoms with Crippen molar-refractivity contribution >= 4 is 34.4 Å². The summed E-state index contributed by atoms with van der Waals surface area (Å²) in [4.78, 5) is 25.4. The quantitative estimate of drug-likeness (QED) is 0.583. The second-order valence-corrected chi connectivity index (χ2v) is 6.93. The Kier molecular flexibility index (Phi) is 4.08. The number of rotatable bonds is 4. The number of carbonyl (C=O) groups excluding carboxylic acids is 1. The first kappa shape index (κ1) is 17.1. The monoisotopic (exact) mass is 381 g/mol. The van der Waals surface area contributed by atoms with Crippen molar-refractivity contribution in [3.8, 4) is 11.5 Å². The lowest BCUT2D eigenvalue weighted by atomic mass is 10.0. The SMILES string of the molecule is CC(C)(C(=O)Nc1cccc2nsnc12)n1nc(-c2ccco2)ccc1=O. The van der Waals surface area contributed by atoms with E-state index in [9.17, 15) is 9.59 Å². The molecule has 0 saturated heterocycles. The summed E-state index contributed by atoms with van der Waals surface area (Å²) in [5.74, 6) is 0.118. The molecule has 8 nitrogen and oxygen atoms in total. The van der Waals surface area contributed by atoms with E-state index in [4.69, 9.17) is 4.42 Å². The van der Waals surface area contributed by atoms with Crippen molar-refractivity contribution in [3.63, 3.8) is 0 Å². The number of benzene rings is 1. The first-order chi connectivity index (χ1) is 13.0. The normalized spacial score (nSPS) is 11.6. The summed E-state index contributed by atoms with van der Waals surface area (Å²) in [6.07, 6.45) is 1.52. The van der Waals surface area contributed by atoms with E-state index in [1.54, 1.807) is 44.2 Å². The van der Waals surface area contributed by atoms with Crippen LogP contribution in [0.4, 0.5) is 5.69 Å². The van der Waals surface area contributed by atoms with E-state index in [0.29, 0.717) is 28.2 Å². The zero-order valence-electron chi connectivity index (χ0n) is 14.5. The van der Waals surface area contributed by atoms with E-state index >= 15 is 0 Å². The van der Waals surface area contributed by atoms with Crippen molar-refractivity contribution in [2.75, 3.05) is 5.32 Å². The van der Waals surface area contributed by atoms with Gasteiger partial charge in [0.05, 0.1) is 23.7 Å². The Morgan fingerprint density at radius 2 is 2.00 bits per heavy atom. The van der Waals surface area contributed by atoms with E-state index in [1.165, 1.54) is 12.3 Å². The summed E-state index contributed by atoms with van der Waals surface area (Å²) < 4.78 is 14.9. The second kappa shape index (κ2) is 6.44. The molecule has 0 atom stereocenters. The summed E-state index contributed by atoms with van der Waals surface area (Å²) in [6.45, 7) is 3.25. The third-order valence-corrected chi connectivity index (χ3v) is 4.74. The van der Waals surface area contributed by atoms with Crippen molar-refractivity contribution < 1.29 is 9.21 Å². The van der Waals surface area contributed by atoms with Gasteiger partial charge in [0.2, 0.25) is 0 Å². The zero-order chi connectivity index (χ0) is 19.0. The number of hydrogen-bond donors (Lipinski definition) is 1. The molecule has 0 fully saturated rings. The van der Waals surface area contributed by atoms with Crippen molar-refractivity contribution in [1.82, 2.24) is 18.5 Å². The van der Waals surface area contributed by atoms with E-state index in [1.807, 2.05) is 6.07 Å². The molecule has 0 unspecified atom stereocenters. The van der Waals surface area contributed by atoms with E-state index < -0.39 is 11.4 Å². The van der Waals surface area contributed by atoms with Gasteiger partial charge in [-0.05, 0) is 44.2 Å². The van der Waals surface area contributed by atoms with Crippen LogP contribution < -0.4 is 10.9 Å². The van der Waals surface area contributed by atoms with Crippen LogP contribution >= 0.6 is 11.7 Å². The second-order valence-electron chi connectivity index (χ2n) is 6.40. The summed E-state index contributed by atoms with van der Waals surface area (Å²) in [5, 5.41) is 7.16. The lowest BCUT2D eigenvalue weighted by Crippen LogP contribution is -2.47. The van der Waals surface area contributed by atoms with Gasteiger partial charge < -0.3 is 9.73 Å². The molecule has 0 bridgehead atoms. The Bertz CT molecular complexity index is 1180. The number of nitrogens with one attached hydrogen (secondary N) is 1. The predicted molar refractivity (Wildman–Crippen MR) is 102 cm³/mol. The maximum Gasteiger partial charge on any atom is 0.267 e. The summed E-state index contributed by atoms with van der Waals surface area (Å²) in [6, 6.07) is 11.7. The summed E-state index contributed by atoms with van der Waals surface area (Å²) in [5.41, 5.74) is 0.674. The molecule has 0 spiro atoms. The molecular weight excluding hydrogens is 366 g/mol. The van der Waals surface area contributed by atoms with Crippen LogP contribution in [0.3, 0.4) is 0 Å². The molecule has 27 heavy (non-hydrogen) atoms. The lowest BCUT2D eigenvalue weighted by Gasteiger charge is -2.25. The Morgan fingerprint density at radius 1 is 1.15 bits per heavy atom. The van der Waals surface area contributed by atoms with Crippen molar-refractivity contribution in [1.29, 1.82) is 0 Å². The van der Waals surface area contributed by atoms with Crippen molar-refractivity contribution in [2.24, 2.45) is 0 Å².